The van der Waals surface area contributed by atoms with Crippen LogP contribution in [-0.4, -0.2) is 34.7 Å². The molecule has 5 heteroatoms. The van der Waals surface area contributed by atoms with Crippen molar-refractivity contribution in [2.45, 2.75) is 37.8 Å². The van der Waals surface area contributed by atoms with Crippen LogP contribution in [0.5, 0.6) is 11.5 Å². The maximum absolute atomic E-state index is 9.84. The molecule has 134 valence electrons. The Bertz CT molecular complexity index is 682. The molecule has 1 fully saturated rings. The van der Waals surface area contributed by atoms with E-state index in [1.807, 2.05) is 24.3 Å². The van der Waals surface area contributed by atoms with Crippen molar-refractivity contribution in [1.29, 1.82) is 0 Å². The molecule has 0 spiro atoms. The fourth-order valence-electron chi connectivity index (χ4n) is 2.98. The third-order valence-corrected chi connectivity index (χ3v) is 4.38. The van der Waals surface area contributed by atoms with Crippen LogP contribution < -0.4 is 0 Å². The number of aliphatic imine (C=N–C) groups is 2. The second-order valence-electron chi connectivity index (χ2n) is 6.09. The summed E-state index contributed by atoms with van der Waals surface area (Å²) in [4.78, 5) is 9.34. The van der Waals surface area contributed by atoms with Crippen LogP contribution in [0.1, 0.15) is 36.8 Å². The van der Waals surface area contributed by atoms with Crippen LogP contribution in [-0.2, 0) is 16.5 Å². The van der Waals surface area contributed by atoms with Crippen LogP contribution in [0.4, 0.5) is 0 Å². The zero-order chi connectivity index (χ0) is 16.8. The summed E-state index contributed by atoms with van der Waals surface area (Å²) in [5.74, 6) is 0.484. The van der Waals surface area contributed by atoms with Crippen molar-refractivity contribution in [3.63, 3.8) is 0 Å². The molecule has 0 aromatic heterocycles. The molecule has 1 aliphatic carbocycles. The fourth-order valence-corrected chi connectivity index (χ4v) is 2.98. The van der Waals surface area contributed by atoms with Crippen LogP contribution >= 0.6 is 0 Å². The molecule has 25 heavy (non-hydrogen) atoms. The molecule has 2 aromatic carbocycles. The van der Waals surface area contributed by atoms with Crippen LogP contribution in [0, 0.1) is 0 Å². The van der Waals surface area contributed by atoms with Crippen LogP contribution in [0.15, 0.2) is 58.5 Å². The Kier molecular flexibility index (Phi) is 7.21. The predicted octanol–water partition coefficient (Wildman–Crippen LogP) is 3.94. The number of para-hydroxylation sites is 2. The van der Waals surface area contributed by atoms with Gasteiger partial charge in [-0.3, -0.25) is 9.98 Å². The fraction of sp³-hybridized carbons (Fsp3) is 0.300. The van der Waals surface area contributed by atoms with E-state index in [9.17, 15) is 10.2 Å². The first-order chi connectivity index (χ1) is 11.7. The van der Waals surface area contributed by atoms with E-state index in [0.29, 0.717) is 0 Å². The topological polar surface area (TPSA) is 65.2 Å². The van der Waals surface area contributed by atoms with Crippen LogP contribution in [0.3, 0.4) is 0 Å². The Morgan fingerprint density at radius 1 is 0.720 bits per heavy atom. The second kappa shape index (κ2) is 9.38. The number of hydrogen-bond donors (Lipinski definition) is 2. The molecule has 0 bridgehead atoms. The summed E-state index contributed by atoms with van der Waals surface area (Å²) in [7, 11) is 0. The van der Waals surface area contributed by atoms with Gasteiger partial charge in [0.05, 0.1) is 12.1 Å². The van der Waals surface area contributed by atoms with Crippen LogP contribution in [0.25, 0.3) is 0 Å². The van der Waals surface area contributed by atoms with E-state index in [1.54, 1.807) is 36.7 Å². The minimum Gasteiger partial charge on any atom is -0.507 e. The summed E-state index contributed by atoms with van der Waals surface area (Å²) in [6, 6.07) is 14.6. The number of aromatic hydroxyl groups is 2. The molecule has 0 amide bonds. The van der Waals surface area contributed by atoms with Gasteiger partial charge in [0.15, 0.2) is 0 Å². The van der Waals surface area contributed by atoms with Gasteiger partial charge in [-0.25, -0.2) is 0 Å². The third kappa shape index (κ3) is 5.17. The molecule has 1 saturated carbocycles. The molecule has 1 aliphatic rings. The maximum Gasteiger partial charge on any atom is 0.124 e. The van der Waals surface area contributed by atoms with Gasteiger partial charge in [0.25, 0.3) is 0 Å². The van der Waals surface area contributed by atoms with Gasteiger partial charge >= 0.3 is 0 Å². The van der Waals surface area contributed by atoms with Gasteiger partial charge in [-0.15, -0.1) is 0 Å². The maximum atomic E-state index is 9.84. The normalized spacial score (nSPS) is 20.6. The van der Waals surface area contributed by atoms with Crippen molar-refractivity contribution in [3.05, 3.63) is 59.7 Å². The van der Waals surface area contributed by atoms with Gasteiger partial charge in [-0.05, 0) is 37.1 Å². The summed E-state index contributed by atoms with van der Waals surface area (Å²) in [6.45, 7) is 0. The van der Waals surface area contributed by atoms with E-state index < -0.39 is 0 Å². The van der Waals surface area contributed by atoms with Gasteiger partial charge in [0, 0.05) is 40.0 Å². The average molecular weight is 381 g/mol. The molecule has 2 N–H and O–H groups in total. The molecule has 2 unspecified atom stereocenters. The quantitative estimate of drug-likeness (QED) is 0.623. The van der Waals surface area contributed by atoms with Gasteiger partial charge in [-0.1, -0.05) is 37.1 Å². The molecule has 2 atom stereocenters. The molecule has 0 radical (unpaired) electrons. The van der Waals surface area contributed by atoms with Crippen molar-refractivity contribution < 1.29 is 26.7 Å². The van der Waals surface area contributed by atoms with Crippen molar-refractivity contribution in [3.8, 4) is 11.5 Å². The summed E-state index contributed by atoms with van der Waals surface area (Å²) in [5.41, 5.74) is 1.46. The number of phenolic OH excluding ortho intramolecular Hbond substituents is 2. The Morgan fingerprint density at radius 2 is 1.12 bits per heavy atom. The number of hydrogen-bond acceptors (Lipinski definition) is 4. The molecular formula is C20H22N2NiO2. The van der Waals surface area contributed by atoms with Gasteiger partial charge in [0.2, 0.25) is 0 Å². The Morgan fingerprint density at radius 3 is 1.52 bits per heavy atom. The second-order valence-corrected chi connectivity index (χ2v) is 6.09. The molecule has 4 nitrogen and oxygen atoms in total. The Balaban J connectivity index is 0.00000225. The van der Waals surface area contributed by atoms with Crippen molar-refractivity contribution in [2.24, 2.45) is 9.98 Å². The number of phenols is 2. The molecule has 0 saturated heterocycles. The first kappa shape index (κ1) is 19.2. The smallest absolute Gasteiger partial charge is 0.124 e. The number of rotatable bonds is 4. The molecule has 0 aliphatic heterocycles. The number of nitrogens with zero attached hydrogens (tertiary/aromatic N) is 2. The van der Waals surface area contributed by atoms with E-state index in [2.05, 4.69) is 9.98 Å². The average Bonchev–Trinajstić information content (AvgIpc) is 2.61. The predicted molar refractivity (Wildman–Crippen MR) is 97.4 cm³/mol. The number of benzene rings is 2. The summed E-state index contributed by atoms with van der Waals surface area (Å²) < 4.78 is 0. The monoisotopic (exact) mass is 380 g/mol. The first-order valence-corrected chi connectivity index (χ1v) is 8.36. The molecule has 3 rings (SSSR count). The van der Waals surface area contributed by atoms with E-state index in [0.717, 1.165) is 36.8 Å². The Hall–Kier alpha value is -2.13. The van der Waals surface area contributed by atoms with Gasteiger partial charge in [-0.2, -0.15) is 0 Å². The van der Waals surface area contributed by atoms with Crippen LogP contribution in [0.2, 0.25) is 0 Å². The summed E-state index contributed by atoms with van der Waals surface area (Å²) in [6.07, 6.45) is 7.76. The molecular weight excluding hydrogens is 359 g/mol. The first-order valence-electron chi connectivity index (χ1n) is 8.36. The zero-order valence-electron chi connectivity index (χ0n) is 13.9. The summed E-state index contributed by atoms with van der Waals surface area (Å²) in [5, 5.41) is 19.7. The van der Waals surface area contributed by atoms with E-state index >= 15 is 0 Å². The van der Waals surface area contributed by atoms with Gasteiger partial charge in [0.1, 0.15) is 11.5 Å². The molecule has 2 aromatic rings. The minimum atomic E-state index is 0. The van der Waals surface area contributed by atoms with E-state index in [1.165, 1.54) is 0 Å². The molecule has 0 heterocycles. The van der Waals surface area contributed by atoms with Crippen molar-refractivity contribution >= 4 is 12.4 Å². The van der Waals surface area contributed by atoms with Crippen molar-refractivity contribution in [1.82, 2.24) is 0 Å². The summed E-state index contributed by atoms with van der Waals surface area (Å²) >= 11 is 0. The standard InChI is InChI=1S/C20H22N2O2.Ni/c23-19-11-5-1-7-15(19)13-21-17-9-3-4-10-18(17)22-14-16-8-2-6-12-20(16)24;/h1-2,5-8,11-14,17-18,23-24H,3-4,9-10H2;. The third-order valence-electron chi connectivity index (χ3n) is 4.38. The minimum absolute atomic E-state index is 0. The zero-order valence-corrected chi connectivity index (χ0v) is 14.8. The van der Waals surface area contributed by atoms with E-state index in [-0.39, 0.29) is 40.1 Å². The van der Waals surface area contributed by atoms with E-state index in [4.69, 9.17) is 0 Å². The van der Waals surface area contributed by atoms with Crippen molar-refractivity contribution in [2.75, 3.05) is 0 Å². The van der Waals surface area contributed by atoms with Gasteiger partial charge < -0.3 is 10.2 Å². The Labute approximate surface area is 158 Å². The SMILES string of the molecule is Oc1ccccc1C=NC1CCCCC1N=Cc1ccccc1O.[Ni]. The largest absolute Gasteiger partial charge is 0.507 e.